The molecule has 4 heteroatoms. The molecule has 0 aliphatic rings. The molecule has 2 unspecified atom stereocenters. The van der Waals surface area contributed by atoms with Crippen LogP contribution in [0.2, 0.25) is 0 Å². The molecule has 120 valence electrons. The molecule has 0 aliphatic heterocycles. The molecule has 0 fully saturated rings. The van der Waals surface area contributed by atoms with Crippen molar-refractivity contribution in [2.24, 2.45) is 0 Å². The Morgan fingerprint density at radius 2 is 1.25 bits per heavy atom. The van der Waals surface area contributed by atoms with Crippen molar-refractivity contribution in [2.45, 2.75) is 96.2 Å². The minimum Gasteiger partial charge on any atom is -0.481 e. The Hall–Kier alpha value is -0.610. The van der Waals surface area contributed by atoms with Gasteiger partial charge in [-0.05, 0) is 6.42 Å². The predicted octanol–water partition coefficient (Wildman–Crippen LogP) is 3.49. The molecule has 0 aromatic rings. The number of carboxylic acid groups (broad SMARTS) is 1. The normalized spacial score (nSPS) is 14.2. The van der Waals surface area contributed by atoms with Crippen molar-refractivity contribution < 1.29 is 20.1 Å². The molecule has 0 aromatic carbocycles. The number of aliphatic hydroxyl groups is 2. The van der Waals surface area contributed by atoms with Crippen LogP contribution in [0.3, 0.4) is 0 Å². The van der Waals surface area contributed by atoms with Gasteiger partial charge in [-0.25, -0.2) is 0 Å². The first-order chi connectivity index (χ1) is 9.57. The molecule has 0 aliphatic carbocycles. The number of carbonyl (C=O) groups is 1. The van der Waals surface area contributed by atoms with E-state index in [1.165, 1.54) is 44.9 Å². The van der Waals surface area contributed by atoms with Crippen LogP contribution in [0.25, 0.3) is 0 Å². The molecule has 0 radical (unpaired) electrons. The van der Waals surface area contributed by atoms with Gasteiger partial charge in [0.1, 0.15) is 0 Å². The van der Waals surface area contributed by atoms with Gasteiger partial charge in [-0.15, -0.1) is 0 Å². The molecule has 0 rings (SSSR count). The summed E-state index contributed by atoms with van der Waals surface area (Å²) in [5.41, 5.74) is 0. The second kappa shape index (κ2) is 13.4. The first-order valence-electron chi connectivity index (χ1n) is 8.15. The van der Waals surface area contributed by atoms with E-state index < -0.39 is 18.2 Å². The fourth-order valence-electron chi connectivity index (χ4n) is 2.35. The molecule has 0 spiro atoms. The standard InChI is InChI=1S/C16H32O4/c1-2-3-4-5-6-7-8-9-10-11-12-14(17)15(18)13-16(19)20/h14-15,17-18H,2-13H2,1H3,(H,19,20). The Bertz CT molecular complexity index is 231. The summed E-state index contributed by atoms with van der Waals surface area (Å²) in [7, 11) is 0. The van der Waals surface area contributed by atoms with Gasteiger partial charge in [0.15, 0.2) is 0 Å². The van der Waals surface area contributed by atoms with Crippen LogP contribution in [0, 0.1) is 0 Å². The fourth-order valence-corrected chi connectivity index (χ4v) is 2.35. The lowest BCUT2D eigenvalue weighted by molar-refractivity contribution is -0.141. The SMILES string of the molecule is CCCCCCCCCCCCC(O)C(O)CC(=O)O. The molecule has 0 bridgehead atoms. The van der Waals surface area contributed by atoms with Crippen LogP contribution in [0.4, 0.5) is 0 Å². The van der Waals surface area contributed by atoms with Gasteiger partial charge in [0, 0.05) is 0 Å². The van der Waals surface area contributed by atoms with Crippen molar-refractivity contribution in [1.29, 1.82) is 0 Å². The highest BCUT2D eigenvalue weighted by molar-refractivity contribution is 5.67. The average molecular weight is 288 g/mol. The maximum absolute atomic E-state index is 10.4. The van der Waals surface area contributed by atoms with E-state index in [-0.39, 0.29) is 6.42 Å². The van der Waals surface area contributed by atoms with E-state index in [0.29, 0.717) is 6.42 Å². The Balaban J connectivity index is 3.28. The molecule has 0 saturated heterocycles. The van der Waals surface area contributed by atoms with Gasteiger partial charge in [0.2, 0.25) is 0 Å². The maximum atomic E-state index is 10.4. The zero-order chi connectivity index (χ0) is 15.2. The zero-order valence-corrected chi connectivity index (χ0v) is 12.9. The highest BCUT2D eigenvalue weighted by Gasteiger charge is 2.18. The quantitative estimate of drug-likeness (QED) is 0.428. The summed E-state index contributed by atoms with van der Waals surface area (Å²) in [6.45, 7) is 2.22. The largest absolute Gasteiger partial charge is 0.481 e. The third-order valence-corrected chi connectivity index (χ3v) is 3.68. The molecule has 0 aromatic heterocycles. The molecule has 2 atom stereocenters. The van der Waals surface area contributed by atoms with Crippen LogP contribution in [-0.2, 0) is 4.79 Å². The number of hydrogen-bond acceptors (Lipinski definition) is 3. The lowest BCUT2D eigenvalue weighted by atomic mass is 10.0. The first kappa shape index (κ1) is 19.4. The molecule has 20 heavy (non-hydrogen) atoms. The van der Waals surface area contributed by atoms with Crippen LogP contribution in [0.5, 0.6) is 0 Å². The van der Waals surface area contributed by atoms with Crippen LogP contribution >= 0.6 is 0 Å². The smallest absolute Gasteiger partial charge is 0.306 e. The van der Waals surface area contributed by atoms with Crippen molar-refractivity contribution >= 4 is 5.97 Å². The first-order valence-corrected chi connectivity index (χ1v) is 8.15. The van der Waals surface area contributed by atoms with E-state index in [1.54, 1.807) is 0 Å². The summed E-state index contributed by atoms with van der Waals surface area (Å²) in [5, 5.41) is 27.5. The summed E-state index contributed by atoms with van der Waals surface area (Å²) < 4.78 is 0. The van der Waals surface area contributed by atoms with Crippen molar-refractivity contribution in [3.05, 3.63) is 0 Å². The molecule has 0 heterocycles. The van der Waals surface area contributed by atoms with Gasteiger partial charge in [0.25, 0.3) is 0 Å². The number of hydrogen-bond donors (Lipinski definition) is 3. The molecule has 3 N–H and O–H groups in total. The number of rotatable bonds is 14. The number of aliphatic hydroxyl groups excluding tert-OH is 2. The molecular formula is C16H32O4. The Morgan fingerprint density at radius 1 is 0.800 bits per heavy atom. The summed E-state index contributed by atoms with van der Waals surface area (Å²) in [6, 6.07) is 0. The number of carboxylic acids is 1. The number of aliphatic carboxylic acids is 1. The molecular weight excluding hydrogens is 256 g/mol. The van der Waals surface area contributed by atoms with E-state index >= 15 is 0 Å². The van der Waals surface area contributed by atoms with Gasteiger partial charge in [-0.2, -0.15) is 0 Å². The van der Waals surface area contributed by atoms with Crippen molar-refractivity contribution in [3.8, 4) is 0 Å². The highest BCUT2D eigenvalue weighted by Crippen LogP contribution is 2.13. The summed E-state index contributed by atoms with van der Waals surface area (Å²) in [5.74, 6) is -1.07. The third kappa shape index (κ3) is 12.4. The Morgan fingerprint density at radius 3 is 1.70 bits per heavy atom. The molecule has 4 nitrogen and oxygen atoms in total. The van der Waals surface area contributed by atoms with Crippen molar-refractivity contribution in [2.75, 3.05) is 0 Å². The van der Waals surface area contributed by atoms with Crippen molar-refractivity contribution in [1.82, 2.24) is 0 Å². The number of unbranched alkanes of at least 4 members (excludes halogenated alkanes) is 9. The highest BCUT2D eigenvalue weighted by atomic mass is 16.4. The van der Waals surface area contributed by atoms with E-state index in [1.807, 2.05) is 0 Å². The van der Waals surface area contributed by atoms with Crippen LogP contribution in [0.1, 0.15) is 84.0 Å². The summed E-state index contributed by atoms with van der Waals surface area (Å²) in [4.78, 5) is 10.4. The van der Waals surface area contributed by atoms with Gasteiger partial charge in [-0.1, -0.05) is 71.1 Å². The lowest BCUT2D eigenvalue weighted by Gasteiger charge is -2.15. The Kier molecular flexibility index (Phi) is 13.0. The van der Waals surface area contributed by atoms with E-state index in [9.17, 15) is 15.0 Å². The van der Waals surface area contributed by atoms with Crippen LogP contribution in [0.15, 0.2) is 0 Å². The monoisotopic (exact) mass is 288 g/mol. The second-order valence-corrected chi connectivity index (χ2v) is 5.70. The third-order valence-electron chi connectivity index (χ3n) is 3.68. The van der Waals surface area contributed by atoms with E-state index in [0.717, 1.165) is 19.3 Å². The molecule has 0 amide bonds. The fraction of sp³-hybridized carbons (Fsp3) is 0.938. The van der Waals surface area contributed by atoms with Gasteiger partial charge >= 0.3 is 5.97 Å². The summed E-state index contributed by atoms with van der Waals surface area (Å²) in [6.07, 6.45) is 10.3. The van der Waals surface area contributed by atoms with Crippen molar-refractivity contribution in [3.63, 3.8) is 0 Å². The maximum Gasteiger partial charge on any atom is 0.306 e. The van der Waals surface area contributed by atoms with Crippen LogP contribution in [-0.4, -0.2) is 33.5 Å². The zero-order valence-electron chi connectivity index (χ0n) is 12.9. The van der Waals surface area contributed by atoms with E-state index in [4.69, 9.17) is 5.11 Å². The van der Waals surface area contributed by atoms with E-state index in [2.05, 4.69) is 6.92 Å². The van der Waals surface area contributed by atoms with Gasteiger partial charge in [-0.3, -0.25) is 4.79 Å². The average Bonchev–Trinajstić information content (AvgIpc) is 2.39. The minimum atomic E-state index is -1.13. The summed E-state index contributed by atoms with van der Waals surface area (Å²) >= 11 is 0. The van der Waals surface area contributed by atoms with Crippen LogP contribution < -0.4 is 0 Å². The minimum absolute atomic E-state index is 0.376. The topological polar surface area (TPSA) is 77.8 Å². The van der Waals surface area contributed by atoms with Gasteiger partial charge in [0.05, 0.1) is 18.6 Å². The Labute approximate surface area is 123 Å². The van der Waals surface area contributed by atoms with Gasteiger partial charge < -0.3 is 15.3 Å². The molecule has 0 saturated carbocycles. The second-order valence-electron chi connectivity index (χ2n) is 5.70. The predicted molar refractivity (Wildman–Crippen MR) is 80.7 cm³/mol. The lowest BCUT2D eigenvalue weighted by Crippen LogP contribution is -2.28.